The van der Waals surface area contributed by atoms with Crippen molar-refractivity contribution in [1.82, 2.24) is 16.0 Å². The monoisotopic (exact) mass is 424 g/mol. The molecule has 12 heteroatoms. The minimum atomic E-state index is -1.30. The third kappa shape index (κ3) is 9.50. The molecule has 0 radical (unpaired) electrons. The van der Waals surface area contributed by atoms with Crippen LogP contribution in [0.3, 0.4) is 0 Å². The number of nitrogens with one attached hydrogen (secondary N) is 3. The molecule has 0 aromatic heterocycles. The maximum atomic E-state index is 12.0. The molecule has 8 N–H and O–H groups in total. The van der Waals surface area contributed by atoms with Gasteiger partial charge in [0.2, 0.25) is 17.7 Å². The molecular formula is C18H24N4O8. The van der Waals surface area contributed by atoms with Gasteiger partial charge in [-0.3, -0.25) is 24.0 Å². The first-order valence-corrected chi connectivity index (χ1v) is 8.90. The molecule has 0 fully saturated rings. The lowest BCUT2D eigenvalue weighted by atomic mass is 10.1. The molecule has 0 saturated carbocycles. The summed E-state index contributed by atoms with van der Waals surface area (Å²) in [6.45, 7) is -1.21. The summed E-state index contributed by atoms with van der Waals surface area (Å²) in [7, 11) is 0. The number of phenols is 1. The van der Waals surface area contributed by atoms with Gasteiger partial charge in [-0.1, -0.05) is 12.1 Å². The molecule has 2 unspecified atom stereocenters. The highest BCUT2D eigenvalue weighted by Gasteiger charge is 2.23. The van der Waals surface area contributed by atoms with Crippen molar-refractivity contribution >= 4 is 29.7 Å². The molecule has 0 aliphatic heterocycles. The maximum Gasteiger partial charge on any atom is 0.322 e. The van der Waals surface area contributed by atoms with E-state index in [1.807, 2.05) is 0 Å². The van der Waals surface area contributed by atoms with E-state index in [-0.39, 0.29) is 18.6 Å². The number of aliphatic carboxylic acids is 2. The number of phenolic OH excluding ortho intramolecular Hbond substituents is 1. The summed E-state index contributed by atoms with van der Waals surface area (Å²) in [6, 6.07) is 3.83. The highest BCUT2D eigenvalue weighted by atomic mass is 16.4. The molecule has 3 amide bonds. The number of carboxylic acid groups (broad SMARTS) is 2. The van der Waals surface area contributed by atoms with Crippen molar-refractivity contribution in [2.75, 3.05) is 13.1 Å². The third-order valence-electron chi connectivity index (χ3n) is 3.86. The Hall–Kier alpha value is -3.67. The van der Waals surface area contributed by atoms with E-state index in [2.05, 4.69) is 16.0 Å². The number of carbonyl (C=O) groups excluding carboxylic acids is 3. The van der Waals surface area contributed by atoms with Crippen LogP contribution in [0.5, 0.6) is 5.75 Å². The normalized spacial score (nSPS) is 12.3. The van der Waals surface area contributed by atoms with Gasteiger partial charge in [-0.2, -0.15) is 0 Å². The Kier molecular flexibility index (Phi) is 9.76. The molecule has 0 saturated heterocycles. The first-order valence-electron chi connectivity index (χ1n) is 8.90. The summed E-state index contributed by atoms with van der Waals surface area (Å²) >= 11 is 0. The molecule has 12 nitrogen and oxygen atoms in total. The molecule has 1 rings (SSSR count). The van der Waals surface area contributed by atoms with Crippen molar-refractivity contribution in [2.45, 2.75) is 31.3 Å². The van der Waals surface area contributed by atoms with E-state index in [0.717, 1.165) is 0 Å². The molecule has 0 bridgehead atoms. The van der Waals surface area contributed by atoms with Gasteiger partial charge in [0.15, 0.2) is 0 Å². The van der Waals surface area contributed by atoms with Crippen molar-refractivity contribution in [3.8, 4) is 5.75 Å². The van der Waals surface area contributed by atoms with Crippen LogP contribution < -0.4 is 21.7 Å². The van der Waals surface area contributed by atoms with Crippen molar-refractivity contribution in [1.29, 1.82) is 0 Å². The quantitative estimate of drug-likeness (QED) is 0.196. The summed E-state index contributed by atoms with van der Waals surface area (Å²) in [4.78, 5) is 57.3. The number of hydrogen-bond donors (Lipinski definition) is 7. The molecule has 0 aliphatic rings. The van der Waals surface area contributed by atoms with Gasteiger partial charge in [-0.05, 0) is 30.5 Å². The van der Waals surface area contributed by atoms with Crippen molar-refractivity contribution in [2.24, 2.45) is 5.73 Å². The summed E-state index contributed by atoms with van der Waals surface area (Å²) in [5.74, 6) is -4.70. The van der Waals surface area contributed by atoms with Gasteiger partial charge in [0, 0.05) is 6.42 Å². The second kappa shape index (κ2) is 12.0. The topological polar surface area (TPSA) is 208 Å². The van der Waals surface area contributed by atoms with E-state index < -0.39 is 61.3 Å². The number of benzene rings is 1. The third-order valence-corrected chi connectivity index (χ3v) is 3.86. The van der Waals surface area contributed by atoms with E-state index in [1.165, 1.54) is 12.1 Å². The van der Waals surface area contributed by atoms with Crippen LogP contribution in [0.15, 0.2) is 24.3 Å². The van der Waals surface area contributed by atoms with E-state index >= 15 is 0 Å². The Morgan fingerprint density at radius 3 is 2.07 bits per heavy atom. The van der Waals surface area contributed by atoms with Crippen LogP contribution in [0.1, 0.15) is 18.4 Å². The molecule has 2 atom stereocenters. The number of carboxylic acids is 2. The van der Waals surface area contributed by atoms with Gasteiger partial charge in [0.05, 0.1) is 12.6 Å². The second-order valence-corrected chi connectivity index (χ2v) is 6.36. The largest absolute Gasteiger partial charge is 0.508 e. The molecule has 1 aromatic carbocycles. The Labute approximate surface area is 171 Å². The van der Waals surface area contributed by atoms with Gasteiger partial charge < -0.3 is 37.0 Å². The summed E-state index contributed by atoms with van der Waals surface area (Å²) in [6.07, 6.45) is -0.539. The van der Waals surface area contributed by atoms with Crippen LogP contribution in [-0.4, -0.2) is 70.2 Å². The zero-order valence-electron chi connectivity index (χ0n) is 16.0. The standard InChI is InChI=1S/C18H24N4O8/c19-12(7-10-1-3-11(23)4-2-10)17(29)20-8-14(24)22-13(5-6-15(25)26)18(30)21-9-16(27)28/h1-4,12-13,23H,5-9,19H2,(H,20,29)(H,21,30)(H,22,24)(H,25,26)(H,27,28). The lowest BCUT2D eigenvalue weighted by Gasteiger charge is -2.18. The fraction of sp³-hybridized carbons (Fsp3) is 0.389. The Morgan fingerprint density at radius 1 is 0.900 bits per heavy atom. The number of rotatable bonds is 12. The van der Waals surface area contributed by atoms with Crippen LogP contribution in [0.2, 0.25) is 0 Å². The van der Waals surface area contributed by atoms with Crippen molar-refractivity contribution < 1.29 is 39.3 Å². The molecule has 0 aliphatic carbocycles. The van der Waals surface area contributed by atoms with Gasteiger partial charge >= 0.3 is 11.9 Å². The van der Waals surface area contributed by atoms with Crippen LogP contribution in [0.4, 0.5) is 0 Å². The summed E-state index contributed by atoms with van der Waals surface area (Å²) in [5.41, 5.74) is 6.48. The van der Waals surface area contributed by atoms with Crippen molar-refractivity contribution in [3.05, 3.63) is 29.8 Å². The minimum Gasteiger partial charge on any atom is -0.508 e. The van der Waals surface area contributed by atoms with Gasteiger partial charge in [0.1, 0.15) is 18.3 Å². The highest BCUT2D eigenvalue weighted by Crippen LogP contribution is 2.10. The van der Waals surface area contributed by atoms with E-state index in [4.69, 9.17) is 15.9 Å². The van der Waals surface area contributed by atoms with E-state index in [9.17, 15) is 29.1 Å². The maximum absolute atomic E-state index is 12.0. The molecule has 0 spiro atoms. The van der Waals surface area contributed by atoms with E-state index in [1.54, 1.807) is 12.1 Å². The second-order valence-electron chi connectivity index (χ2n) is 6.36. The lowest BCUT2D eigenvalue weighted by molar-refractivity contribution is -0.140. The SMILES string of the molecule is NC(Cc1ccc(O)cc1)C(=O)NCC(=O)NC(CCC(=O)O)C(=O)NCC(=O)O. The van der Waals surface area contributed by atoms with Crippen LogP contribution in [0.25, 0.3) is 0 Å². The van der Waals surface area contributed by atoms with Gasteiger partial charge in [-0.15, -0.1) is 0 Å². The van der Waals surface area contributed by atoms with E-state index in [0.29, 0.717) is 5.56 Å². The van der Waals surface area contributed by atoms with Crippen LogP contribution in [-0.2, 0) is 30.4 Å². The predicted octanol–water partition coefficient (Wildman–Crippen LogP) is -2.07. The first-order chi connectivity index (χ1) is 14.1. The van der Waals surface area contributed by atoms with Gasteiger partial charge in [-0.25, -0.2) is 0 Å². The fourth-order valence-corrected chi connectivity index (χ4v) is 2.35. The first kappa shape index (κ1) is 24.4. The molecular weight excluding hydrogens is 400 g/mol. The summed E-state index contributed by atoms with van der Waals surface area (Å²) < 4.78 is 0. The molecule has 30 heavy (non-hydrogen) atoms. The minimum absolute atomic E-state index is 0.0679. The van der Waals surface area contributed by atoms with Crippen molar-refractivity contribution in [3.63, 3.8) is 0 Å². The predicted molar refractivity (Wildman–Crippen MR) is 102 cm³/mol. The van der Waals surface area contributed by atoms with Gasteiger partial charge in [0.25, 0.3) is 0 Å². The Bertz CT molecular complexity index is 781. The number of carbonyl (C=O) groups is 5. The number of aromatic hydroxyl groups is 1. The molecule has 0 heterocycles. The Balaban J connectivity index is 2.54. The fourth-order valence-electron chi connectivity index (χ4n) is 2.35. The average Bonchev–Trinajstić information content (AvgIpc) is 2.68. The number of hydrogen-bond acceptors (Lipinski definition) is 7. The number of amides is 3. The molecule has 1 aromatic rings. The Morgan fingerprint density at radius 2 is 1.50 bits per heavy atom. The number of nitrogens with two attached hydrogens (primary N) is 1. The zero-order valence-corrected chi connectivity index (χ0v) is 16.0. The zero-order chi connectivity index (χ0) is 22.7. The average molecular weight is 424 g/mol. The highest BCUT2D eigenvalue weighted by molar-refractivity contribution is 5.92. The lowest BCUT2D eigenvalue weighted by Crippen LogP contribution is -2.51. The smallest absolute Gasteiger partial charge is 0.322 e. The van der Waals surface area contributed by atoms with Crippen LogP contribution >= 0.6 is 0 Å². The summed E-state index contributed by atoms with van der Waals surface area (Å²) in [5, 5.41) is 33.2. The van der Waals surface area contributed by atoms with Crippen LogP contribution in [0, 0.1) is 0 Å². The molecule has 164 valence electrons.